The molecule has 1 aromatic heterocycles. The Balaban J connectivity index is 1.72. The van der Waals surface area contributed by atoms with E-state index < -0.39 is 5.97 Å². The fourth-order valence-electron chi connectivity index (χ4n) is 3.19. The molecule has 0 unspecified atom stereocenters. The Morgan fingerprint density at radius 3 is 2.61 bits per heavy atom. The van der Waals surface area contributed by atoms with Crippen LogP contribution in [0.2, 0.25) is 5.02 Å². The van der Waals surface area contributed by atoms with Gasteiger partial charge in [0.25, 0.3) is 5.91 Å². The van der Waals surface area contributed by atoms with E-state index in [1.807, 2.05) is 18.2 Å². The van der Waals surface area contributed by atoms with Crippen LogP contribution in [0.5, 0.6) is 0 Å². The van der Waals surface area contributed by atoms with Gasteiger partial charge in [0, 0.05) is 16.7 Å². The highest BCUT2D eigenvalue weighted by molar-refractivity contribution is 7.80. The fraction of sp³-hybridized carbons (Fsp3) is 0.0870. The van der Waals surface area contributed by atoms with Crippen LogP contribution < -0.4 is 4.90 Å². The SMILES string of the molecule is COC(=O)CN1C(=S)N(c2ccccc2)C(=O)/C1=C/c1ccc(-c2cccc(Cl)c2)o1. The first-order valence-electron chi connectivity index (χ1n) is 9.33. The third kappa shape index (κ3) is 4.23. The standard InChI is InChI=1S/C23H17ClN2O4S/c1-29-21(27)14-25-19(22(28)26(23(25)31)17-8-3-2-4-9-17)13-18-10-11-20(30-18)15-6-5-7-16(24)12-15/h2-13H,14H2,1H3/b19-13-. The van der Waals surface area contributed by atoms with Gasteiger partial charge in [0.05, 0.1) is 12.8 Å². The summed E-state index contributed by atoms with van der Waals surface area (Å²) in [5.41, 5.74) is 1.63. The molecule has 8 heteroatoms. The molecule has 1 saturated heterocycles. The van der Waals surface area contributed by atoms with E-state index in [0.717, 1.165) is 5.56 Å². The van der Waals surface area contributed by atoms with E-state index in [0.29, 0.717) is 22.2 Å². The van der Waals surface area contributed by atoms with Gasteiger partial charge < -0.3 is 14.1 Å². The summed E-state index contributed by atoms with van der Waals surface area (Å²) in [6, 6.07) is 19.8. The predicted octanol–water partition coefficient (Wildman–Crippen LogP) is 4.75. The van der Waals surface area contributed by atoms with Crippen LogP contribution in [-0.4, -0.2) is 35.5 Å². The molecule has 1 aliphatic rings. The normalized spacial score (nSPS) is 15.1. The van der Waals surface area contributed by atoms with Gasteiger partial charge in [-0.2, -0.15) is 0 Å². The highest BCUT2D eigenvalue weighted by Crippen LogP contribution is 2.31. The molecular formula is C23H17ClN2O4S. The van der Waals surface area contributed by atoms with Crippen molar-refractivity contribution in [3.05, 3.63) is 83.2 Å². The minimum absolute atomic E-state index is 0.189. The Labute approximate surface area is 189 Å². The van der Waals surface area contributed by atoms with E-state index in [4.69, 9.17) is 33.0 Å². The van der Waals surface area contributed by atoms with Crippen molar-refractivity contribution in [2.45, 2.75) is 0 Å². The molecule has 0 atom stereocenters. The summed E-state index contributed by atoms with van der Waals surface area (Å²) in [5.74, 6) is 0.156. The molecule has 0 aliphatic carbocycles. The summed E-state index contributed by atoms with van der Waals surface area (Å²) in [6.07, 6.45) is 1.56. The number of methoxy groups -OCH3 is 1. The molecule has 1 fully saturated rings. The van der Waals surface area contributed by atoms with Gasteiger partial charge in [0.2, 0.25) is 0 Å². The van der Waals surface area contributed by atoms with Crippen LogP contribution in [0.15, 0.2) is 76.8 Å². The average molecular weight is 453 g/mol. The van der Waals surface area contributed by atoms with Gasteiger partial charge in [0.1, 0.15) is 23.8 Å². The first-order valence-corrected chi connectivity index (χ1v) is 10.1. The summed E-state index contributed by atoms with van der Waals surface area (Å²) in [5, 5.41) is 0.780. The van der Waals surface area contributed by atoms with Crippen LogP contribution in [0.25, 0.3) is 17.4 Å². The number of carbonyl (C=O) groups is 2. The molecule has 4 rings (SSSR count). The largest absolute Gasteiger partial charge is 0.468 e. The molecule has 0 spiro atoms. The van der Waals surface area contributed by atoms with E-state index in [-0.39, 0.29) is 23.3 Å². The number of esters is 1. The van der Waals surface area contributed by atoms with Gasteiger partial charge in [-0.1, -0.05) is 41.9 Å². The molecule has 0 radical (unpaired) electrons. The number of hydrogen-bond acceptors (Lipinski definition) is 5. The summed E-state index contributed by atoms with van der Waals surface area (Å²) >= 11 is 11.6. The topological polar surface area (TPSA) is 63.0 Å². The number of rotatable bonds is 5. The van der Waals surface area contributed by atoms with E-state index in [1.165, 1.54) is 16.9 Å². The second-order valence-corrected chi connectivity index (χ2v) is 7.46. The molecule has 3 aromatic rings. The smallest absolute Gasteiger partial charge is 0.325 e. The number of nitrogens with zero attached hydrogens (tertiary/aromatic N) is 2. The molecular weight excluding hydrogens is 436 g/mol. The highest BCUT2D eigenvalue weighted by Gasteiger charge is 2.40. The molecule has 2 aromatic carbocycles. The van der Waals surface area contributed by atoms with E-state index in [1.54, 1.807) is 54.6 Å². The van der Waals surface area contributed by atoms with Gasteiger partial charge >= 0.3 is 5.97 Å². The number of amides is 1. The number of para-hydroxylation sites is 1. The average Bonchev–Trinajstić information content (AvgIpc) is 3.33. The third-order valence-corrected chi connectivity index (χ3v) is 5.32. The molecule has 156 valence electrons. The third-order valence-electron chi connectivity index (χ3n) is 4.68. The number of halogens is 1. The van der Waals surface area contributed by atoms with Crippen LogP contribution in [0, 0.1) is 0 Å². The first kappa shape index (κ1) is 20.8. The van der Waals surface area contributed by atoms with Crippen molar-refractivity contribution in [2.24, 2.45) is 0 Å². The van der Waals surface area contributed by atoms with Gasteiger partial charge in [-0.25, -0.2) is 0 Å². The molecule has 1 aliphatic heterocycles. The number of hydrogen-bond donors (Lipinski definition) is 0. The molecule has 2 heterocycles. The van der Waals surface area contributed by atoms with Crippen LogP contribution in [-0.2, 0) is 14.3 Å². The van der Waals surface area contributed by atoms with Crippen molar-refractivity contribution in [1.29, 1.82) is 0 Å². The Hall–Kier alpha value is -3.42. The Kier molecular flexibility index (Phi) is 5.88. The predicted molar refractivity (Wildman–Crippen MR) is 122 cm³/mol. The quantitative estimate of drug-likeness (QED) is 0.316. The van der Waals surface area contributed by atoms with Crippen LogP contribution in [0.1, 0.15) is 5.76 Å². The summed E-state index contributed by atoms with van der Waals surface area (Å²) in [7, 11) is 1.28. The van der Waals surface area contributed by atoms with E-state index >= 15 is 0 Å². The summed E-state index contributed by atoms with van der Waals surface area (Å²) in [6.45, 7) is -0.196. The van der Waals surface area contributed by atoms with Crippen LogP contribution in [0.4, 0.5) is 5.69 Å². The second-order valence-electron chi connectivity index (χ2n) is 6.66. The van der Waals surface area contributed by atoms with Crippen molar-refractivity contribution in [1.82, 2.24) is 4.90 Å². The van der Waals surface area contributed by atoms with Crippen molar-refractivity contribution < 1.29 is 18.7 Å². The maximum absolute atomic E-state index is 13.2. The second kappa shape index (κ2) is 8.75. The summed E-state index contributed by atoms with van der Waals surface area (Å²) < 4.78 is 10.7. The Bertz CT molecular complexity index is 1190. The zero-order valence-electron chi connectivity index (χ0n) is 16.4. The van der Waals surface area contributed by atoms with Gasteiger partial charge in [0.15, 0.2) is 5.11 Å². The highest BCUT2D eigenvalue weighted by atomic mass is 35.5. The maximum Gasteiger partial charge on any atom is 0.325 e. The van der Waals surface area contributed by atoms with Gasteiger partial charge in [-0.05, 0) is 48.6 Å². The summed E-state index contributed by atoms with van der Waals surface area (Å²) in [4.78, 5) is 28.0. The van der Waals surface area contributed by atoms with Gasteiger partial charge in [-0.15, -0.1) is 0 Å². The van der Waals surface area contributed by atoms with Crippen LogP contribution >= 0.6 is 23.8 Å². The first-order chi connectivity index (χ1) is 15.0. The molecule has 0 N–H and O–H groups in total. The van der Waals surface area contributed by atoms with Crippen molar-refractivity contribution >= 4 is 52.6 Å². The monoisotopic (exact) mass is 452 g/mol. The lowest BCUT2D eigenvalue weighted by molar-refractivity contribution is -0.140. The number of furan rings is 1. The minimum Gasteiger partial charge on any atom is -0.468 e. The number of ether oxygens (including phenoxy) is 1. The number of carbonyl (C=O) groups excluding carboxylic acids is 2. The number of benzene rings is 2. The van der Waals surface area contributed by atoms with Crippen molar-refractivity contribution in [2.75, 3.05) is 18.6 Å². The molecule has 31 heavy (non-hydrogen) atoms. The van der Waals surface area contributed by atoms with Crippen molar-refractivity contribution in [3.8, 4) is 11.3 Å². The molecule has 0 saturated carbocycles. The zero-order chi connectivity index (χ0) is 22.0. The Morgan fingerprint density at radius 1 is 1.13 bits per heavy atom. The lowest BCUT2D eigenvalue weighted by Gasteiger charge is -2.19. The lowest BCUT2D eigenvalue weighted by Crippen LogP contribution is -2.35. The number of anilines is 1. The van der Waals surface area contributed by atoms with Gasteiger partial charge in [-0.3, -0.25) is 14.5 Å². The molecule has 0 bridgehead atoms. The molecule has 6 nitrogen and oxygen atoms in total. The maximum atomic E-state index is 13.2. The minimum atomic E-state index is -0.518. The van der Waals surface area contributed by atoms with Crippen molar-refractivity contribution in [3.63, 3.8) is 0 Å². The lowest BCUT2D eigenvalue weighted by atomic mass is 10.2. The fourth-order valence-corrected chi connectivity index (χ4v) is 3.74. The number of thiocarbonyl (C=S) groups is 1. The molecule has 1 amide bonds. The Morgan fingerprint density at radius 2 is 1.90 bits per heavy atom. The van der Waals surface area contributed by atoms with Crippen LogP contribution in [0.3, 0.4) is 0 Å². The zero-order valence-corrected chi connectivity index (χ0v) is 18.0. The van der Waals surface area contributed by atoms with E-state index in [9.17, 15) is 9.59 Å². The van der Waals surface area contributed by atoms with E-state index in [2.05, 4.69) is 0 Å².